The van der Waals surface area contributed by atoms with Gasteiger partial charge in [-0.3, -0.25) is 14.4 Å². The molecule has 0 spiro atoms. The average Bonchev–Trinajstić information content (AvgIpc) is 2.93. The predicted molar refractivity (Wildman–Crippen MR) is 148 cm³/mol. The van der Waals surface area contributed by atoms with E-state index < -0.39 is 11.8 Å². The van der Waals surface area contributed by atoms with E-state index in [0.29, 0.717) is 29.4 Å². The Kier molecular flexibility index (Phi) is 10.4. The van der Waals surface area contributed by atoms with E-state index in [1.807, 2.05) is 57.2 Å². The molecule has 0 atom stereocenters. The van der Waals surface area contributed by atoms with Crippen molar-refractivity contribution in [2.75, 3.05) is 23.8 Å². The maximum atomic E-state index is 12.4. The number of aryl methyl sites for hydroxylation is 2. The Morgan fingerprint density at radius 3 is 2.03 bits per heavy atom. The van der Waals surface area contributed by atoms with Gasteiger partial charge < -0.3 is 20.1 Å². The number of amides is 3. The number of benzene rings is 3. The zero-order valence-electron chi connectivity index (χ0n) is 21.7. The van der Waals surface area contributed by atoms with Crippen LogP contribution in [0.3, 0.4) is 0 Å². The largest absolute Gasteiger partial charge is 0.490 e. The highest BCUT2D eigenvalue weighted by Crippen LogP contribution is 2.28. The fraction of sp³-hybridized carbons (Fsp3) is 0.241. The van der Waals surface area contributed by atoms with Gasteiger partial charge in [-0.15, -0.1) is 0 Å². The van der Waals surface area contributed by atoms with Gasteiger partial charge in [0.2, 0.25) is 0 Å². The van der Waals surface area contributed by atoms with Gasteiger partial charge in [0.15, 0.2) is 18.1 Å². The van der Waals surface area contributed by atoms with Gasteiger partial charge in [-0.25, -0.2) is 5.43 Å². The molecule has 3 aromatic carbocycles. The van der Waals surface area contributed by atoms with Gasteiger partial charge in [-0.1, -0.05) is 50.2 Å². The summed E-state index contributed by atoms with van der Waals surface area (Å²) in [6.45, 7) is 5.99. The maximum Gasteiger partial charge on any atom is 0.329 e. The van der Waals surface area contributed by atoms with Crippen molar-refractivity contribution in [2.45, 2.75) is 33.6 Å². The molecule has 0 aromatic heterocycles. The third-order valence-corrected chi connectivity index (χ3v) is 5.53. The van der Waals surface area contributed by atoms with Crippen LogP contribution in [-0.4, -0.2) is 37.1 Å². The molecule has 9 nitrogen and oxygen atoms in total. The molecule has 0 radical (unpaired) electrons. The summed E-state index contributed by atoms with van der Waals surface area (Å²) < 4.78 is 11.3. The minimum Gasteiger partial charge on any atom is -0.490 e. The van der Waals surface area contributed by atoms with Crippen LogP contribution in [0.1, 0.15) is 37.5 Å². The molecule has 9 heteroatoms. The van der Waals surface area contributed by atoms with Crippen LogP contribution in [0, 0.1) is 0 Å². The van der Waals surface area contributed by atoms with E-state index in [2.05, 4.69) is 21.2 Å². The van der Waals surface area contributed by atoms with Gasteiger partial charge in [0, 0.05) is 11.4 Å². The number of para-hydroxylation sites is 2. The van der Waals surface area contributed by atoms with Crippen LogP contribution in [0.25, 0.3) is 0 Å². The lowest BCUT2D eigenvalue weighted by Crippen LogP contribution is -2.32. The van der Waals surface area contributed by atoms with Crippen molar-refractivity contribution in [3.8, 4) is 11.5 Å². The molecule has 38 heavy (non-hydrogen) atoms. The van der Waals surface area contributed by atoms with Crippen LogP contribution < -0.4 is 25.5 Å². The third-order valence-electron chi connectivity index (χ3n) is 5.53. The molecule has 0 saturated heterocycles. The number of nitrogens with one attached hydrogen (secondary N) is 3. The third kappa shape index (κ3) is 7.92. The van der Waals surface area contributed by atoms with Crippen molar-refractivity contribution in [1.82, 2.24) is 5.43 Å². The SMILES string of the molecule is CCOc1cc(/C=N\NC(=O)C(=O)Nc2ccccc2CC)ccc1OCC(=O)Nc1ccccc1CC. The van der Waals surface area contributed by atoms with Crippen LogP contribution in [0.4, 0.5) is 11.4 Å². The van der Waals surface area contributed by atoms with Crippen molar-refractivity contribution in [1.29, 1.82) is 0 Å². The number of rotatable bonds is 11. The zero-order valence-corrected chi connectivity index (χ0v) is 21.7. The number of carbonyl (C=O) groups is 3. The molecular weight excluding hydrogens is 484 g/mol. The van der Waals surface area contributed by atoms with Crippen LogP contribution in [0.2, 0.25) is 0 Å². The smallest absolute Gasteiger partial charge is 0.329 e. The van der Waals surface area contributed by atoms with E-state index in [4.69, 9.17) is 9.47 Å². The Labute approximate surface area is 222 Å². The second kappa shape index (κ2) is 14.2. The lowest BCUT2D eigenvalue weighted by molar-refractivity contribution is -0.136. The fourth-order valence-corrected chi connectivity index (χ4v) is 3.62. The van der Waals surface area contributed by atoms with E-state index >= 15 is 0 Å². The molecule has 0 bridgehead atoms. The molecule has 0 aliphatic carbocycles. The highest BCUT2D eigenvalue weighted by Gasteiger charge is 2.14. The summed E-state index contributed by atoms with van der Waals surface area (Å²) in [5.74, 6) is -1.20. The summed E-state index contributed by atoms with van der Waals surface area (Å²) in [6.07, 6.45) is 2.90. The summed E-state index contributed by atoms with van der Waals surface area (Å²) >= 11 is 0. The molecule has 0 saturated carbocycles. The lowest BCUT2D eigenvalue weighted by Gasteiger charge is -2.13. The molecule has 3 N–H and O–H groups in total. The number of anilines is 2. The molecule has 0 aliphatic rings. The van der Waals surface area contributed by atoms with Crippen LogP contribution >= 0.6 is 0 Å². The number of nitrogens with zero attached hydrogens (tertiary/aromatic N) is 1. The van der Waals surface area contributed by atoms with Gasteiger partial charge in [0.05, 0.1) is 12.8 Å². The molecule has 0 aliphatic heterocycles. The van der Waals surface area contributed by atoms with E-state index in [1.54, 1.807) is 30.3 Å². The Balaban J connectivity index is 1.57. The predicted octanol–water partition coefficient (Wildman–Crippen LogP) is 4.32. The molecule has 3 aromatic rings. The normalized spacial score (nSPS) is 10.6. The second-order valence-corrected chi connectivity index (χ2v) is 8.15. The minimum atomic E-state index is -0.896. The first-order chi connectivity index (χ1) is 18.4. The Bertz CT molecular complexity index is 1310. The molecule has 198 valence electrons. The van der Waals surface area contributed by atoms with Gasteiger partial charge in [0.25, 0.3) is 5.91 Å². The quantitative estimate of drug-likeness (QED) is 0.199. The summed E-state index contributed by atoms with van der Waals surface area (Å²) in [5, 5.41) is 9.33. The van der Waals surface area contributed by atoms with E-state index in [9.17, 15) is 14.4 Å². The molecule has 0 heterocycles. The average molecular weight is 517 g/mol. The molecule has 0 fully saturated rings. The highest BCUT2D eigenvalue weighted by molar-refractivity contribution is 6.39. The summed E-state index contributed by atoms with van der Waals surface area (Å²) in [4.78, 5) is 36.8. The van der Waals surface area contributed by atoms with Crippen molar-refractivity contribution in [3.63, 3.8) is 0 Å². The molecule has 0 unspecified atom stereocenters. The molecule has 3 rings (SSSR count). The van der Waals surface area contributed by atoms with Gasteiger partial charge in [0.1, 0.15) is 0 Å². The van der Waals surface area contributed by atoms with E-state index in [1.165, 1.54) is 6.21 Å². The van der Waals surface area contributed by atoms with Crippen LogP contribution in [-0.2, 0) is 27.2 Å². The number of hydrogen-bond acceptors (Lipinski definition) is 6. The zero-order chi connectivity index (χ0) is 27.3. The van der Waals surface area contributed by atoms with E-state index in [-0.39, 0.29) is 12.5 Å². The number of ether oxygens (including phenoxy) is 2. The maximum absolute atomic E-state index is 12.4. The van der Waals surface area contributed by atoms with Crippen molar-refractivity contribution < 1.29 is 23.9 Å². The van der Waals surface area contributed by atoms with Gasteiger partial charge >= 0.3 is 11.8 Å². The standard InChI is InChI=1S/C29H32N4O5/c1-4-21-11-7-9-13-23(21)31-27(34)19-38-25-16-15-20(17-26(25)37-6-3)18-30-33-29(36)28(35)32-24-14-10-8-12-22(24)5-2/h7-18H,4-6,19H2,1-3H3,(H,31,34)(H,32,35)(H,33,36)/b30-18-. The highest BCUT2D eigenvalue weighted by atomic mass is 16.5. The Morgan fingerprint density at radius 2 is 1.39 bits per heavy atom. The number of hydrazone groups is 1. The summed E-state index contributed by atoms with van der Waals surface area (Å²) in [7, 11) is 0. The van der Waals surface area contributed by atoms with Crippen molar-refractivity contribution in [2.24, 2.45) is 5.10 Å². The van der Waals surface area contributed by atoms with Gasteiger partial charge in [-0.05, 0) is 66.8 Å². The number of hydrogen-bond donors (Lipinski definition) is 3. The van der Waals surface area contributed by atoms with Crippen LogP contribution in [0.5, 0.6) is 11.5 Å². The summed E-state index contributed by atoms with van der Waals surface area (Å²) in [6, 6.07) is 19.9. The minimum absolute atomic E-state index is 0.197. The summed E-state index contributed by atoms with van der Waals surface area (Å²) in [5.41, 5.74) is 6.11. The molecular formula is C29H32N4O5. The van der Waals surface area contributed by atoms with Crippen molar-refractivity contribution >= 4 is 35.3 Å². The first-order valence-corrected chi connectivity index (χ1v) is 12.4. The van der Waals surface area contributed by atoms with E-state index in [0.717, 1.165) is 29.7 Å². The second-order valence-electron chi connectivity index (χ2n) is 8.15. The van der Waals surface area contributed by atoms with Gasteiger partial charge in [-0.2, -0.15) is 5.10 Å². The lowest BCUT2D eigenvalue weighted by atomic mass is 10.1. The first-order valence-electron chi connectivity index (χ1n) is 12.4. The molecule has 3 amide bonds. The fourth-order valence-electron chi connectivity index (χ4n) is 3.62. The van der Waals surface area contributed by atoms with Crippen LogP contribution in [0.15, 0.2) is 71.8 Å². The number of carbonyl (C=O) groups excluding carboxylic acids is 3. The van der Waals surface area contributed by atoms with Crippen molar-refractivity contribution in [3.05, 3.63) is 83.4 Å². The Hall–Kier alpha value is -4.66. The first kappa shape index (κ1) is 27.9. The monoisotopic (exact) mass is 516 g/mol. The topological polar surface area (TPSA) is 118 Å². The Morgan fingerprint density at radius 1 is 0.763 bits per heavy atom.